The summed E-state index contributed by atoms with van der Waals surface area (Å²) in [6, 6.07) is 3.77. The van der Waals surface area contributed by atoms with Gasteiger partial charge in [0.25, 0.3) is 6.43 Å². The second-order valence-corrected chi connectivity index (χ2v) is 6.67. The average Bonchev–Trinajstić information content (AvgIpc) is 2.83. The number of nitrogens with zero attached hydrogens (tertiary/aromatic N) is 2. The van der Waals surface area contributed by atoms with Crippen LogP contribution in [0.25, 0.3) is 10.2 Å². The van der Waals surface area contributed by atoms with Crippen LogP contribution in [0.2, 0.25) is 5.02 Å². The van der Waals surface area contributed by atoms with Gasteiger partial charge in [0.1, 0.15) is 0 Å². The number of benzene rings is 1. The van der Waals surface area contributed by atoms with Gasteiger partial charge in [-0.25, -0.2) is 13.8 Å². The molecular weight excluding hydrogens is 332 g/mol. The van der Waals surface area contributed by atoms with Crippen molar-refractivity contribution >= 4 is 44.2 Å². The number of rotatable bonds is 4. The molecule has 0 aliphatic carbocycles. The first-order chi connectivity index (χ1) is 10.5. The Labute approximate surface area is 135 Å². The molecule has 0 spiro atoms. The molecule has 1 aromatic carbocycles. The van der Waals surface area contributed by atoms with E-state index in [4.69, 9.17) is 11.6 Å². The Kier molecular flexibility index (Phi) is 4.18. The van der Waals surface area contributed by atoms with Crippen molar-refractivity contribution in [2.75, 3.05) is 24.5 Å². The summed E-state index contributed by atoms with van der Waals surface area (Å²) in [4.78, 5) is 18.2. The highest BCUT2D eigenvalue weighted by Crippen LogP contribution is 2.36. The highest BCUT2D eigenvalue weighted by molar-refractivity contribution is 7.22. The lowest BCUT2D eigenvalue weighted by atomic mass is 10.0. The smallest absolute Gasteiger partial charge is 0.255 e. The van der Waals surface area contributed by atoms with Gasteiger partial charge in [0.2, 0.25) is 5.91 Å². The van der Waals surface area contributed by atoms with Crippen molar-refractivity contribution in [2.24, 2.45) is 5.92 Å². The first kappa shape index (κ1) is 15.4. The van der Waals surface area contributed by atoms with Crippen LogP contribution < -0.4 is 10.2 Å². The number of halogens is 3. The molecule has 118 valence electrons. The van der Waals surface area contributed by atoms with Crippen molar-refractivity contribution in [1.82, 2.24) is 10.3 Å². The lowest BCUT2D eigenvalue weighted by molar-refractivity contribution is -0.126. The van der Waals surface area contributed by atoms with E-state index in [1.165, 1.54) is 0 Å². The lowest BCUT2D eigenvalue weighted by Crippen LogP contribution is -2.54. The first-order valence-corrected chi connectivity index (χ1v) is 8.01. The molecule has 0 saturated carbocycles. The van der Waals surface area contributed by atoms with Crippen LogP contribution in [0.5, 0.6) is 0 Å². The van der Waals surface area contributed by atoms with Crippen molar-refractivity contribution in [1.29, 1.82) is 0 Å². The Bertz CT molecular complexity index is 715. The first-order valence-electron chi connectivity index (χ1n) is 6.82. The summed E-state index contributed by atoms with van der Waals surface area (Å²) in [5.74, 6) is -0.577. The van der Waals surface area contributed by atoms with E-state index in [1.54, 1.807) is 11.3 Å². The maximum atomic E-state index is 12.1. The molecular formula is C14H14ClF2N3OS. The molecule has 0 unspecified atom stereocenters. The fraction of sp³-hybridized carbons (Fsp3) is 0.429. The molecule has 1 saturated heterocycles. The van der Waals surface area contributed by atoms with Gasteiger partial charge in [-0.2, -0.15) is 0 Å². The number of alkyl halides is 2. The van der Waals surface area contributed by atoms with Crippen molar-refractivity contribution in [2.45, 2.75) is 13.3 Å². The van der Waals surface area contributed by atoms with E-state index in [9.17, 15) is 13.6 Å². The largest absolute Gasteiger partial charge is 0.350 e. The average molecular weight is 346 g/mol. The van der Waals surface area contributed by atoms with Gasteiger partial charge in [-0.1, -0.05) is 22.9 Å². The van der Waals surface area contributed by atoms with E-state index in [0.29, 0.717) is 18.1 Å². The zero-order valence-corrected chi connectivity index (χ0v) is 13.3. The third-order valence-electron chi connectivity index (χ3n) is 3.69. The standard InChI is InChI=1S/C14H14ClF2N3OS/c1-7-9(15)2-3-10-12(7)19-14(22-10)20-5-8(6-20)13(21)18-4-11(16)17/h2-3,8,11H,4-6H2,1H3,(H,18,21). The number of fused-ring (bicyclic) bond motifs is 1. The Morgan fingerprint density at radius 2 is 2.27 bits per heavy atom. The van der Waals surface area contributed by atoms with Crippen LogP contribution in [0.3, 0.4) is 0 Å². The highest BCUT2D eigenvalue weighted by atomic mass is 35.5. The van der Waals surface area contributed by atoms with Gasteiger partial charge in [-0.3, -0.25) is 4.79 Å². The van der Waals surface area contributed by atoms with E-state index in [0.717, 1.165) is 20.9 Å². The molecule has 1 fully saturated rings. The van der Waals surface area contributed by atoms with Crippen molar-refractivity contribution in [3.05, 3.63) is 22.7 Å². The van der Waals surface area contributed by atoms with Crippen LogP contribution in [0.1, 0.15) is 5.56 Å². The lowest BCUT2D eigenvalue weighted by Gasteiger charge is -2.37. The van der Waals surface area contributed by atoms with Gasteiger partial charge in [0, 0.05) is 18.1 Å². The molecule has 2 aromatic rings. The maximum absolute atomic E-state index is 12.1. The monoisotopic (exact) mass is 345 g/mol. The van der Waals surface area contributed by atoms with Crippen molar-refractivity contribution in [3.63, 3.8) is 0 Å². The van der Waals surface area contributed by atoms with Gasteiger partial charge in [0.05, 0.1) is 22.7 Å². The molecule has 0 bridgehead atoms. The predicted octanol–water partition coefficient (Wildman–Crippen LogP) is 3.08. The van der Waals surface area contributed by atoms with E-state index >= 15 is 0 Å². The van der Waals surface area contributed by atoms with Gasteiger partial charge in [0.15, 0.2) is 5.13 Å². The number of thiazole rings is 1. The summed E-state index contributed by atoms with van der Waals surface area (Å²) in [5.41, 5.74) is 1.81. The summed E-state index contributed by atoms with van der Waals surface area (Å²) in [5, 5.41) is 3.76. The molecule has 1 aliphatic rings. The second kappa shape index (κ2) is 5.96. The molecule has 2 heterocycles. The van der Waals surface area contributed by atoms with Gasteiger partial charge in [-0.15, -0.1) is 0 Å². The molecule has 4 nitrogen and oxygen atoms in total. The highest BCUT2D eigenvalue weighted by Gasteiger charge is 2.34. The molecule has 1 aliphatic heterocycles. The molecule has 3 rings (SSSR count). The van der Waals surface area contributed by atoms with Crippen LogP contribution in [0.4, 0.5) is 13.9 Å². The summed E-state index contributed by atoms with van der Waals surface area (Å²) >= 11 is 7.63. The topological polar surface area (TPSA) is 45.2 Å². The number of nitrogens with one attached hydrogen (secondary N) is 1. The Morgan fingerprint density at radius 1 is 1.55 bits per heavy atom. The molecule has 0 radical (unpaired) electrons. The fourth-order valence-electron chi connectivity index (χ4n) is 2.35. The van der Waals surface area contributed by atoms with Crippen LogP contribution in [-0.2, 0) is 4.79 Å². The molecule has 8 heteroatoms. The summed E-state index contributed by atoms with van der Waals surface area (Å²) in [6.07, 6.45) is -2.52. The van der Waals surface area contributed by atoms with Gasteiger partial charge in [-0.05, 0) is 24.6 Å². The van der Waals surface area contributed by atoms with Crippen LogP contribution in [0, 0.1) is 12.8 Å². The van der Waals surface area contributed by atoms with Crippen LogP contribution in [-0.4, -0.2) is 37.0 Å². The summed E-state index contributed by atoms with van der Waals surface area (Å²) < 4.78 is 25.2. The molecule has 0 atom stereocenters. The number of aromatic nitrogens is 1. The Balaban J connectivity index is 1.66. The van der Waals surface area contributed by atoms with E-state index < -0.39 is 13.0 Å². The third-order valence-corrected chi connectivity index (χ3v) is 5.18. The van der Waals surface area contributed by atoms with Crippen LogP contribution in [0.15, 0.2) is 12.1 Å². The van der Waals surface area contributed by atoms with Gasteiger partial charge < -0.3 is 10.2 Å². The Morgan fingerprint density at radius 3 is 2.95 bits per heavy atom. The SMILES string of the molecule is Cc1c(Cl)ccc2sc(N3CC(C(=O)NCC(F)F)C3)nc12. The quantitative estimate of drug-likeness (QED) is 0.926. The number of anilines is 1. The number of carbonyl (C=O) groups is 1. The predicted molar refractivity (Wildman–Crippen MR) is 84.1 cm³/mol. The normalized spacial score (nSPS) is 15.4. The van der Waals surface area contributed by atoms with Crippen molar-refractivity contribution < 1.29 is 13.6 Å². The maximum Gasteiger partial charge on any atom is 0.255 e. The molecule has 22 heavy (non-hydrogen) atoms. The minimum atomic E-state index is -2.52. The third kappa shape index (κ3) is 2.87. The number of hydrogen-bond acceptors (Lipinski definition) is 4. The minimum absolute atomic E-state index is 0.254. The minimum Gasteiger partial charge on any atom is -0.350 e. The van der Waals surface area contributed by atoms with E-state index in [-0.39, 0.29) is 11.8 Å². The summed E-state index contributed by atoms with van der Waals surface area (Å²) in [7, 11) is 0. The zero-order chi connectivity index (χ0) is 15.9. The van der Waals surface area contributed by atoms with Crippen LogP contribution >= 0.6 is 22.9 Å². The molecule has 1 aromatic heterocycles. The second-order valence-electron chi connectivity index (χ2n) is 5.25. The number of amides is 1. The fourth-order valence-corrected chi connectivity index (χ4v) is 3.54. The van der Waals surface area contributed by atoms with E-state index in [2.05, 4.69) is 10.3 Å². The molecule has 1 amide bonds. The summed E-state index contributed by atoms with van der Waals surface area (Å²) in [6.45, 7) is 2.34. The number of aryl methyl sites for hydroxylation is 1. The Hall–Kier alpha value is -1.47. The zero-order valence-electron chi connectivity index (χ0n) is 11.8. The number of carbonyl (C=O) groups excluding carboxylic acids is 1. The molecule has 1 N–H and O–H groups in total. The van der Waals surface area contributed by atoms with Crippen molar-refractivity contribution in [3.8, 4) is 0 Å². The van der Waals surface area contributed by atoms with E-state index in [1.807, 2.05) is 24.0 Å². The number of hydrogen-bond donors (Lipinski definition) is 1. The van der Waals surface area contributed by atoms with Gasteiger partial charge >= 0.3 is 0 Å².